The minimum absolute atomic E-state index is 0. The summed E-state index contributed by atoms with van der Waals surface area (Å²) in [5.74, 6) is 0. The average Bonchev–Trinajstić information content (AvgIpc) is 2.41. The summed E-state index contributed by atoms with van der Waals surface area (Å²) in [7, 11) is 0. The minimum Gasteiger partial charge on any atom is -0.165 e. The van der Waals surface area contributed by atoms with Crippen LogP contribution in [0.2, 0.25) is 0 Å². The summed E-state index contributed by atoms with van der Waals surface area (Å²) in [6.07, 6.45) is 0. The first-order valence-corrected chi connectivity index (χ1v) is 4.32. The number of hydrogen-bond donors (Lipinski definition) is 0. The predicted octanol–water partition coefficient (Wildman–Crippen LogP) is 4.33. The van der Waals surface area contributed by atoms with Gasteiger partial charge >= 0.3 is 0 Å². The molecule has 0 atom stereocenters. The van der Waals surface area contributed by atoms with E-state index in [2.05, 4.69) is 45.0 Å². The third kappa shape index (κ3) is 3.38. The van der Waals surface area contributed by atoms with Gasteiger partial charge in [0.05, 0.1) is 0 Å². The first-order valence-electron chi connectivity index (χ1n) is 4.32. The number of rotatable bonds is 0. The van der Waals surface area contributed by atoms with E-state index in [9.17, 15) is 0 Å². The molecule has 0 N–H and O–H groups in total. The molecule has 0 nitrogen and oxygen atoms in total. The molecule has 0 saturated carbocycles. The first-order chi connectivity index (χ1) is 5.68. The Balaban J connectivity index is 0. The van der Waals surface area contributed by atoms with Gasteiger partial charge in [-0.05, 0) is 6.92 Å². The molecule has 0 bridgehead atoms. The Morgan fingerprint density at radius 1 is 0.933 bits per heavy atom. The molecule has 0 radical (unpaired) electrons. The number of aryl methyl sites for hydroxylation is 3. The van der Waals surface area contributed by atoms with Gasteiger partial charge < -0.3 is 0 Å². The Morgan fingerprint density at radius 3 is 2.00 bits per heavy atom. The van der Waals surface area contributed by atoms with E-state index in [4.69, 9.17) is 0 Å². The van der Waals surface area contributed by atoms with Crippen LogP contribution in [0, 0.1) is 20.8 Å². The molecule has 0 unspecified atom stereocenters. The van der Waals surface area contributed by atoms with E-state index in [-0.39, 0.29) is 51.0 Å². The minimum atomic E-state index is 0. The quantitative estimate of drug-likeness (QED) is 0.634. The smallest absolute Gasteiger partial charge is 0 e. The Bertz CT molecular complexity index is 393. The van der Waals surface area contributed by atoms with Crippen molar-refractivity contribution in [3.63, 3.8) is 0 Å². The van der Waals surface area contributed by atoms with Gasteiger partial charge in [0.2, 0.25) is 0 Å². The van der Waals surface area contributed by atoms with Gasteiger partial charge in [0.15, 0.2) is 0 Å². The SMILES string of the molecule is Cc1cc2c(C)ccc(C)c2[cH-]1.Cl.Cl.[Zr]. The van der Waals surface area contributed by atoms with Crippen LogP contribution in [0.5, 0.6) is 0 Å². The fourth-order valence-corrected chi connectivity index (χ4v) is 1.73. The molecule has 3 heteroatoms. The summed E-state index contributed by atoms with van der Waals surface area (Å²) in [6.45, 7) is 6.49. The Labute approximate surface area is 123 Å². The molecule has 0 aromatic heterocycles. The van der Waals surface area contributed by atoms with Crippen molar-refractivity contribution in [1.82, 2.24) is 0 Å². The number of halogens is 2. The molecule has 2 rings (SSSR count). The zero-order valence-corrected chi connectivity index (χ0v) is 13.2. The fourth-order valence-electron chi connectivity index (χ4n) is 1.73. The second-order valence-electron chi connectivity index (χ2n) is 3.56. The molecular formula is C12H15Cl2Zr-. The van der Waals surface area contributed by atoms with Crippen LogP contribution in [-0.4, -0.2) is 0 Å². The molecular weight excluding hydrogens is 306 g/mol. The van der Waals surface area contributed by atoms with Gasteiger partial charge in [-0.3, -0.25) is 0 Å². The molecule has 0 heterocycles. The maximum atomic E-state index is 2.26. The van der Waals surface area contributed by atoms with Gasteiger partial charge in [-0.25, -0.2) is 0 Å². The van der Waals surface area contributed by atoms with Gasteiger partial charge in [-0.1, -0.05) is 25.5 Å². The van der Waals surface area contributed by atoms with Crippen molar-refractivity contribution in [2.24, 2.45) is 0 Å². The predicted molar refractivity (Wildman–Crippen MR) is 68.2 cm³/mol. The molecule has 0 aliphatic rings. The molecule has 2 aromatic carbocycles. The molecule has 0 saturated heterocycles. The van der Waals surface area contributed by atoms with Crippen LogP contribution in [0.15, 0.2) is 24.3 Å². The average molecular weight is 321 g/mol. The zero-order valence-electron chi connectivity index (χ0n) is 9.13. The second-order valence-corrected chi connectivity index (χ2v) is 3.56. The molecule has 0 spiro atoms. The molecule has 82 valence electrons. The summed E-state index contributed by atoms with van der Waals surface area (Å²) < 4.78 is 0. The molecule has 15 heavy (non-hydrogen) atoms. The maximum absolute atomic E-state index is 2.26. The number of benzene rings is 1. The van der Waals surface area contributed by atoms with Crippen molar-refractivity contribution in [3.05, 3.63) is 41.0 Å². The van der Waals surface area contributed by atoms with E-state index in [1.165, 1.54) is 27.5 Å². The third-order valence-electron chi connectivity index (χ3n) is 2.47. The Hall–Kier alpha value is 0.293. The summed E-state index contributed by atoms with van der Waals surface area (Å²) in [5, 5.41) is 2.82. The maximum Gasteiger partial charge on any atom is 0 e. The van der Waals surface area contributed by atoms with Gasteiger partial charge in [0.1, 0.15) is 0 Å². The molecule has 0 aliphatic heterocycles. The van der Waals surface area contributed by atoms with Crippen molar-refractivity contribution in [1.29, 1.82) is 0 Å². The van der Waals surface area contributed by atoms with Crippen molar-refractivity contribution in [3.8, 4) is 0 Å². The van der Waals surface area contributed by atoms with Gasteiger partial charge in [-0.2, -0.15) is 6.07 Å². The van der Waals surface area contributed by atoms with Crippen molar-refractivity contribution in [2.45, 2.75) is 20.8 Å². The van der Waals surface area contributed by atoms with Gasteiger partial charge in [0, 0.05) is 26.2 Å². The summed E-state index contributed by atoms with van der Waals surface area (Å²) in [6, 6.07) is 8.91. The van der Waals surface area contributed by atoms with E-state index >= 15 is 0 Å². The number of hydrogen-bond acceptors (Lipinski definition) is 0. The van der Waals surface area contributed by atoms with Crippen LogP contribution in [0.25, 0.3) is 10.8 Å². The van der Waals surface area contributed by atoms with Crippen LogP contribution in [0.1, 0.15) is 16.7 Å². The van der Waals surface area contributed by atoms with E-state index in [0.29, 0.717) is 0 Å². The van der Waals surface area contributed by atoms with E-state index in [1.807, 2.05) is 0 Å². The van der Waals surface area contributed by atoms with Crippen molar-refractivity contribution < 1.29 is 26.2 Å². The van der Waals surface area contributed by atoms with Crippen LogP contribution < -0.4 is 0 Å². The Morgan fingerprint density at radius 2 is 1.47 bits per heavy atom. The third-order valence-corrected chi connectivity index (χ3v) is 2.47. The second kappa shape index (κ2) is 6.79. The van der Waals surface area contributed by atoms with E-state index < -0.39 is 0 Å². The van der Waals surface area contributed by atoms with Gasteiger partial charge in [-0.15, -0.1) is 58.8 Å². The largest absolute Gasteiger partial charge is 0.165 e. The molecule has 0 fully saturated rings. The van der Waals surface area contributed by atoms with Crippen LogP contribution in [0.3, 0.4) is 0 Å². The van der Waals surface area contributed by atoms with Gasteiger partial charge in [0.25, 0.3) is 0 Å². The fraction of sp³-hybridized carbons (Fsp3) is 0.250. The summed E-state index contributed by atoms with van der Waals surface area (Å²) in [5.41, 5.74) is 4.12. The molecule has 0 amide bonds. The Kier molecular flexibility index (Phi) is 8.00. The monoisotopic (exact) mass is 319 g/mol. The van der Waals surface area contributed by atoms with E-state index in [1.54, 1.807) is 0 Å². The van der Waals surface area contributed by atoms with Crippen LogP contribution >= 0.6 is 24.8 Å². The topological polar surface area (TPSA) is 0 Å². The molecule has 0 aliphatic carbocycles. The first kappa shape index (κ1) is 17.7. The van der Waals surface area contributed by atoms with Crippen LogP contribution in [0.4, 0.5) is 0 Å². The van der Waals surface area contributed by atoms with Crippen molar-refractivity contribution >= 4 is 35.6 Å². The number of fused-ring (bicyclic) bond motifs is 1. The summed E-state index contributed by atoms with van der Waals surface area (Å²) >= 11 is 0. The standard InChI is InChI=1S/C12H13.2ClH.Zr/c1-8-6-11-9(2)4-5-10(3)12(11)7-8;;;/h4-7H,1-3H3;2*1H;/q-1;;;. The van der Waals surface area contributed by atoms with E-state index in [0.717, 1.165) is 0 Å². The summed E-state index contributed by atoms with van der Waals surface area (Å²) in [4.78, 5) is 0. The zero-order chi connectivity index (χ0) is 8.72. The van der Waals surface area contributed by atoms with Crippen molar-refractivity contribution in [2.75, 3.05) is 0 Å². The normalized spacial score (nSPS) is 8.73. The van der Waals surface area contributed by atoms with Crippen LogP contribution in [-0.2, 0) is 26.2 Å². The molecule has 2 aromatic rings.